The van der Waals surface area contributed by atoms with E-state index in [1.54, 1.807) is 6.07 Å². The molecule has 2 rings (SSSR count). The van der Waals surface area contributed by atoms with Gasteiger partial charge in [0.25, 0.3) is 0 Å². The van der Waals surface area contributed by atoms with Gasteiger partial charge in [0.1, 0.15) is 17.5 Å². The zero-order chi connectivity index (χ0) is 12.3. The average Bonchev–Trinajstić information content (AvgIpc) is 2.25. The van der Waals surface area contributed by atoms with Gasteiger partial charge < -0.3 is 4.74 Å². The van der Waals surface area contributed by atoms with Crippen molar-refractivity contribution in [2.45, 2.75) is 13.5 Å². The fraction of sp³-hybridized carbons (Fsp3) is 0.167. The number of ether oxygens (including phenoxy) is 1. The normalized spacial score (nSPS) is 10.3. The quantitative estimate of drug-likeness (QED) is 0.809. The molecule has 1 heterocycles. The second kappa shape index (κ2) is 5.47. The van der Waals surface area contributed by atoms with E-state index in [2.05, 4.69) is 25.9 Å². The van der Waals surface area contributed by atoms with Crippen LogP contribution >= 0.6 is 27.5 Å². The van der Waals surface area contributed by atoms with Gasteiger partial charge in [0, 0.05) is 10.2 Å². The van der Waals surface area contributed by atoms with Crippen molar-refractivity contribution in [1.82, 2.24) is 9.97 Å². The topological polar surface area (TPSA) is 35.0 Å². The van der Waals surface area contributed by atoms with Gasteiger partial charge in [-0.2, -0.15) is 0 Å². The van der Waals surface area contributed by atoms with Crippen LogP contribution in [0.3, 0.4) is 0 Å². The van der Waals surface area contributed by atoms with Gasteiger partial charge in [-0.05, 0) is 31.2 Å². The van der Waals surface area contributed by atoms with Gasteiger partial charge in [-0.1, -0.05) is 33.6 Å². The Labute approximate surface area is 113 Å². The molecule has 3 nitrogen and oxygen atoms in total. The van der Waals surface area contributed by atoms with E-state index in [0.717, 1.165) is 15.9 Å². The van der Waals surface area contributed by atoms with Crippen molar-refractivity contribution in [3.8, 4) is 5.75 Å². The maximum absolute atomic E-state index is 5.84. The van der Waals surface area contributed by atoms with Gasteiger partial charge in [0.2, 0.25) is 0 Å². The van der Waals surface area contributed by atoms with Gasteiger partial charge in [-0.15, -0.1) is 0 Å². The van der Waals surface area contributed by atoms with Crippen LogP contribution < -0.4 is 4.74 Å². The Morgan fingerprint density at radius 3 is 2.82 bits per heavy atom. The lowest BCUT2D eigenvalue weighted by molar-refractivity contribution is 0.295. The summed E-state index contributed by atoms with van der Waals surface area (Å²) in [6, 6.07) is 9.32. The number of benzene rings is 1. The second-order valence-corrected chi connectivity index (χ2v) is 4.80. The Kier molecular flexibility index (Phi) is 3.97. The maximum atomic E-state index is 5.84. The molecule has 1 aromatic heterocycles. The summed E-state index contributed by atoms with van der Waals surface area (Å²) in [5.41, 5.74) is 0.831. The highest BCUT2D eigenvalue weighted by atomic mass is 79.9. The molecule has 2 aromatic rings. The number of aromatic nitrogens is 2. The highest BCUT2D eigenvalue weighted by Gasteiger charge is 2.02. The summed E-state index contributed by atoms with van der Waals surface area (Å²) in [6.07, 6.45) is 0. The standard InChI is InChI=1S/C12H10BrClN2O/c1-8-5-11(14)16-12(15-8)7-17-10-4-2-3-9(13)6-10/h2-6H,7H2,1H3. The van der Waals surface area contributed by atoms with E-state index in [1.807, 2.05) is 31.2 Å². The molecule has 5 heteroatoms. The minimum absolute atomic E-state index is 0.303. The molecule has 0 fully saturated rings. The second-order valence-electron chi connectivity index (χ2n) is 3.49. The summed E-state index contributed by atoms with van der Waals surface area (Å²) in [7, 11) is 0. The zero-order valence-corrected chi connectivity index (χ0v) is 11.5. The SMILES string of the molecule is Cc1cc(Cl)nc(COc2cccc(Br)c2)n1. The Hall–Kier alpha value is -1.13. The zero-order valence-electron chi connectivity index (χ0n) is 9.15. The fourth-order valence-electron chi connectivity index (χ4n) is 1.36. The van der Waals surface area contributed by atoms with E-state index in [1.165, 1.54) is 0 Å². The molecule has 0 atom stereocenters. The lowest BCUT2D eigenvalue weighted by Crippen LogP contribution is -2.02. The molecule has 88 valence electrons. The van der Waals surface area contributed by atoms with Crippen LogP contribution in [0.4, 0.5) is 0 Å². The van der Waals surface area contributed by atoms with E-state index in [9.17, 15) is 0 Å². The van der Waals surface area contributed by atoms with Gasteiger partial charge >= 0.3 is 0 Å². The van der Waals surface area contributed by atoms with Crippen LogP contribution in [0.2, 0.25) is 5.15 Å². The number of rotatable bonds is 3. The van der Waals surface area contributed by atoms with E-state index in [4.69, 9.17) is 16.3 Å². The number of hydrogen-bond donors (Lipinski definition) is 0. The third kappa shape index (κ3) is 3.68. The van der Waals surface area contributed by atoms with Crippen LogP contribution in [0.5, 0.6) is 5.75 Å². The third-order valence-corrected chi connectivity index (χ3v) is 2.72. The van der Waals surface area contributed by atoms with Crippen molar-refractivity contribution in [1.29, 1.82) is 0 Å². The van der Waals surface area contributed by atoms with Crippen LogP contribution in [-0.4, -0.2) is 9.97 Å². The first kappa shape index (κ1) is 12.3. The van der Waals surface area contributed by atoms with Gasteiger partial charge in [-0.25, -0.2) is 9.97 Å². The molecule has 0 N–H and O–H groups in total. The molecule has 0 amide bonds. The first-order chi connectivity index (χ1) is 8.13. The lowest BCUT2D eigenvalue weighted by Gasteiger charge is -2.06. The Morgan fingerprint density at radius 1 is 1.29 bits per heavy atom. The molecular weight excluding hydrogens is 304 g/mol. The largest absolute Gasteiger partial charge is 0.486 e. The molecule has 0 radical (unpaired) electrons. The molecule has 0 saturated heterocycles. The highest BCUT2D eigenvalue weighted by molar-refractivity contribution is 9.10. The fourth-order valence-corrected chi connectivity index (χ4v) is 1.99. The molecule has 17 heavy (non-hydrogen) atoms. The molecule has 0 bridgehead atoms. The van der Waals surface area contributed by atoms with Crippen molar-refractivity contribution in [3.05, 3.63) is 51.5 Å². The minimum atomic E-state index is 0.303. The lowest BCUT2D eigenvalue weighted by atomic mass is 10.3. The predicted octanol–water partition coefficient (Wildman–Crippen LogP) is 3.78. The van der Waals surface area contributed by atoms with Gasteiger partial charge in [-0.3, -0.25) is 0 Å². The predicted molar refractivity (Wildman–Crippen MR) is 70.3 cm³/mol. The Bertz CT molecular complexity index is 513. The molecular formula is C12H10BrClN2O. The van der Waals surface area contributed by atoms with Crippen molar-refractivity contribution in [3.63, 3.8) is 0 Å². The maximum Gasteiger partial charge on any atom is 0.167 e. The Balaban J connectivity index is 2.07. The highest BCUT2D eigenvalue weighted by Crippen LogP contribution is 2.18. The number of hydrogen-bond acceptors (Lipinski definition) is 3. The first-order valence-electron chi connectivity index (χ1n) is 5.02. The van der Waals surface area contributed by atoms with Crippen LogP contribution in [0.15, 0.2) is 34.8 Å². The van der Waals surface area contributed by atoms with Crippen molar-refractivity contribution < 1.29 is 4.74 Å². The summed E-state index contributed by atoms with van der Waals surface area (Å²) in [5.74, 6) is 1.34. The van der Waals surface area contributed by atoms with Crippen molar-refractivity contribution in [2.75, 3.05) is 0 Å². The molecule has 0 aliphatic rings. The summed E-state index contributed by atoms with van der Waals surface area (Å²) in [5, 5.41) is 0.436. The van der Waals surface area contributed by atoms with Gasteiger partial charge in [0.15, 0.2) is 5.82 Å². The van der Waals surface area contributed by atoms with Crippen molar-refractivity contribution >= 4 is 27.5 Å². The molecule has 0 spiro atoms. The third-order valence-electron chi connectivity index (χ3n) is 2.03. The van der Waals surface area contributed by atoms with E-state index in [0.29, 0.717) is 17.6 Å². The van der Waals surface area contributed by atoms with E-state index >= 15 is 0 Å². The van der Waals surface area contributed by atoms with Crippen LogP contribution in [0.25, 0.3) is 0 Å². The average molecular weight is 314 g/mol. The summed E-state index contributed by atoms with van der Waals surface area (Å²) in [4.78, 5) is 8.33. The van der Waals surface area contributed by atoms with Crippen LogP contribution in [0, 0.1) is 6.92 Å². The number of nitrogens with zero attached hydrogens (tertiary/aromatic N) is 2. The molecule has 0 saturated carbocycles. The summed E-state index contributed by atoms with van der Waals surface area (Å²) in [6.45, 7) is 2.17. The molecule has 0 unspecified atom stereocenters. The van der Waals surface area contributed by atoms with Crippen LogP contribution in [0.1, 0.15) is 11.5 Å². The summed E-state index contributed by atoms with van der Waals surface area (Å²) >= 11 is 9.22. The van der Waals surface area contributed by atoms with E-state index in [-0.39, 0.29) is 0 Å². The minimum Gasteiger partial charge on any atom is -0.486 e. The summed E-state index contributed by atoms with van der Waals surface area (Å²) < 4.78 is 6.54. The van der Waals surface area contributed by atoms with Crippen molar-refractivity contribution in [2.24, 2.45) is 0 Å². The smallest absolute Gasteiger partial charge is 0.167 e. The first-order valence-corrected chi connectivity index (χ1v) is 6.19. The Morgan fingerprint density at radius 2 is 2.12 bits per heavy atom. The number of halogens is 2. The monoisotopic (exact) mass is 312 g/mol. The number of aryl methyl sites for hydroxylation is 1. The van der Waals surface area contributed by atoms with Crippen LogP contribution in [-0.2, 0) is 6.61 Å². The molecule has 0 aliphatic carbocycles. The van der Waals surface area contributed by atoms with E-state index < -0.39 is 0 Å². The molecule has 1 aromatic carbocycles. The molecule has 0 aliphatic heterocycles. The van der Waals surface area contributed by atoms with Gasteiger partial charge in [0.05, 0.1) is 0 Å².